The fraction of sp³-hybridized carbons (Fsp3) is 0.0833. The van der Waals surface area contributed by atoms with E-state index in [1.807, 2.05) is 61.5 Å². The Hall–Kier alpha value is -2.73. The summed E-state index contributed by atoms with van der Waals surface area (Å²) in [6.07, 6.45) is 0. The highest BCUT2D eigenvalue weighted by molar-refractivity contribution is 8.04. The van der Waals surface area contributed by atoms with Crippen LogP contribution < -0.4 is 9.80 Å². The number of hydrogen-bond donors (Lipinski definition) is 0. The minimum Gasteiger partial charge on any atom is -0.339 e. The fourth-order valence-electron chi connectivity index (χ4n) is 3.25. The van der Waals surface area contributed by atoms with Crippen LogP contribution in [0.4, 0.5) is 11.4 Å². The van der Waals surface area contributed by atoms with Crippen LogP contribution in [0.2, 0.25) is 10.0 Å². The van der Waals surface area contributed by atoms with Crippen LogP contribution in [0, 0.1) is 6.92 Å². The first-order valence-corrected chi connectivity index (χ1v) is 11.1. The molecule has 3 aromatic rings. The Morgan fingerprint density at radius 1 is 0.839 bits per heavy atom. The van der Waals surface area contributed by atoms with Crippen molar-refractivity contribution in [3.05, 3.63) is 99.0 Å². The molecular weight excluding hydrogens is 451 g/mol. The summed E-state index contributed by atoms with van der Waals surface area (Å²) < 4.78 is 0. The molecule has 0 saturated carbocycles. The minimum absolute atomic E-state index is 0.275. The van der Waals surface area contributed by atoms with Gasteiger partial charge in [-0.05, 0) is 49.4 Å². The summed E-state index contributed by atoms with van der Waals surface area (Å²) in [5, 5.41) is 0.630. The Balaban J connectivity index is 1.80. The predicted octanol–water partition coefficient (Wildman–Crippen LogP) is 6.32. The standard InChI is InChI=1S/C24H18Cl2N2O2S/c1-15-8-11-18(12-9-15)31-22-21(27(2)16-6-4-3-5-7-16)23(29)28(24(22)30)17-10-13-19(25)20(26)14-17/h3-14H,1-2H3. The number of imide groups is 1. The van der Waals surface area contributed by atoms with Crippen molar-refractivity contribution < 1.29 is 9.59 Å². The van der Waals surface area contributed by atoms with E-state index in [0.717, 1.165) is 21.0 Å². The van der Waals surface area contributed by atoms with E-state index in [-0.39, 0.29) is 5.02 Å². The summed E-state index contributed by atoms with van der Waals surface area (Å²) in [5.41, 5.74) is 2.61. The predicted molar refractivity (Wildman–Crippen MR) is 128 cm³/mol. The third kappa shape index (κ3) is 4.22. The Morgan fingerprint density at radius 3 is 2.16 bits per heavy atom. The zero-order chi connectivity index (χ0) is 22.1. The van der Waals surface area contributed by atoms with Crippen molar-refractivity contribution in [2.75, 3.05) is 16.8 Å². The molecule has 0 spiro atoms. The average molecular weight is 469 g/mol. The molecule has 0 aliphatic carbocycles. The molecule has 0 radical (unpaired) electrons. The van der Waals surface area contributed by atoms with Crippen molar-refractivity contribution in [1.82, 2.24) is 0 Å². The molecule has 0 fully saturated rings. The molecule has 4 rings (SSSR count). The number of nitrogens with zero attached hydrogens (tertiary/aromatic N) is 2. The van der Waals surface area contributed by atoms with Crippen molar-refractivity contribution in [2.24, 2.45) is 0 Å². The first kappa shape index (κ1) is 21.5. The molecule has 156 valence electrons. The number of halogens is 2. The van der Waals surface area contributed by atoms with Gasteiger partial charge in [0.25, 0.3) is 11.8 Å². The molecule has 2 amide bonds. The number of aryl methyl sites for hydroxylation is 1. The van der Waals surface area contributed by atoms with Crippen molar-refractivity contribution in [3.63, 3.8) is 0 Å². The summed E-state index contributed by atoms with van der Waals surface area (Å²) >= 11 is 13.5. The number of thioether (sulfide) groups is 1. The Bertz CT molecular complexity index is 1190. The number of anilines is 2. The van der Waals surface area contributed by atoms with E-state index in [0.29, 0.717) is 21.3 Å². The normalized spacial score (nSPS) is 13.9. The third-order valence-corrected chi connectivity index (χ3v) is 6.72. The summed E-state index contributed by atoms with van der Waals surface area (Å²) in [4.78, 5) is 31.1. The molecule has 0 aromatic heterocycles. The molecule has 0 bridgehead atoms. The van der Waals surface area contributed by atoms with Gasteiger partial charge in [0.15, 0.2) is 0 Å². The maximum Gasteiger partial charge on any atom is 0.283 e. The molecule has 3 aromatic carbocycles. The second-order valence-corrected chi connectivity index (χ2v) is 8.93. The lowest BCUT2D eigenvalue weighted by atomic mass is 10.2. The van der Waals surface area contributed by atoms with Crippen LogP contribution in [0.25, 0.3) is 0 Å². The SMILES string of the molecule is Cc1ccc(SC2=C(N(C)c3ccccc3)C(=O)N(c3ccc(Cl)c(Cl)c3)C2=O)cc1. The Kier molecular flexibility index (Phi) is 6.10. The van der Waals surface area contributed by atoms with Gasteiger partial charge in [0.2, 0.25) is 0 Å². The smallest absolute Gasteiger partial charge is 0.283 e. The number of benzene rings is 3. The van der Waals surface area contributed by atoms with Gasteiger partial charge in [-0.2, -0.15) is 0 Å². The molecule has 0 unspecified atom stereocenters. The summed E-state index contributed by atoms with van der Waals surface area (Å²) in [6.45, 7) is 2.00. The lowest BCUT2D eigenvalue weighted by Gasteiger charge is -2.21. The molecule has 0 N–H and O–H groups in total. The van der Waals surface area contributed by atoms with Gasteiger partial charge in [-0.15, -0.1) is 0 Å². The number of amides is 2. The van der Waals surface area contributed by atoms with Crippen molar-refractivity contribution in [2.45, 2.75) is 11.8 Å². The van der Waals surface area contributed by atoms with Crippen LogP contribution in [0.5, 0.6) is 0 Å². The zero-order valence-corrected chi connectivity index (χ0v) is 19.1. The lowest BCUT2D eigenvalue weighted by molar-refractivity contribution is -0.120. The van der Waals surface area contributed by atoms with Crippen molar-refractivity contribution >= 4 is 58.2 Å². The molecule has 0 atom stereocenters. The third-order valence-electron chi connectivity index (χ3n) is 4.90. The maximum absolute atomic E-state index is 13.5. The number of para-hydroxylation sites is 1. The van der Waals surface area contributed by atoms with E-state index in [1.165, 1.54) is 17.8 Å². The van der Waals surface area contributed by atoms with Crippen molar-refractivity contribution in [1.29, 1.82) is 0 Å². The molecule has 1 aliphatic rings. The highest BCUT2D eigenvalue weighted by Crippen LogP contribution is 2.40. The van der Waals surface area contributed by atoms with E-state index < -0.39 is 11.8 Å². The van der Waals surface area contributed by atoms with E-state index in [4.69, 9.17) is 23.2 Å². The first-order valence-electron chi connectivity index (χ1n) is 9.48. The Labute approximate surface area is 195 Å². The summed E-state index contributed by atoms with van der Waals surface area (Å²) in [7, 11) is 1.78. The minimum atomic E-state index is -0.413. The maximum atomic E-state index is 13.5. The lowest BCUT2D eigenvalue weighted by Crippen LogP contribution is -2.34. The van der Waals surface area contributed by atoms with E-state index in [2.05, 4.69) is 0 Å². The largest absolute Gasteiger partial charge is 0.339 e. The van der Waals surface area contributed by atoms with Gasteiger partial charge < -0.3 is 4.90 Å². The van der Waals surface area contributed by atoms with Gasteiger partial charge in [0, 0.05) is 17.6 Å². The van der Waals surface area contributed by atoms with E-state index in [9.17, 15) is 9.59 Å². The topological polar surface area (TPSA) is 40.6 Å². The van der Waals surface area contributed by atoms with E-state index in [1.54, 1.807) is 24.1 Å². The van der Waals surface area contributed by atoms with Crippen LogP contribution in [0.15, 0.2) is 88.3 Å². The summed E-state index contributed by atoms with van der Waals surface area (Å²) in [5.74, 6) is -0.809. The quantitative estimate of drug-likeness (QED) is 0.411. The molecule has 7 heteroatoms. The van der Waals surface area contributed by atoms with Gasteiger partial charge in [0.1, 0.15) is 10.6 Å². The second-order valence-electron chi connectivity index (χ2n) is 7.03. The van der Waals surface area contributed by atoms with E-state index >= 15 is 0 Å². The second kappa shape index (κ2) is 8.79. The number of carbonyl (C=O) groups is 2. The van der Waals surface area contributed by atoms with Crippen LogP contribution in [0.1, 0.15) is 5.56 Å². The van der Waals surface area contributed by atoms with Gasteiger partial charge in [-0.3, -0.25) is 9.59 Å². The van der Waals surface area contributed by atoms with Gasteiger partial charge in [-0.1, -0.05) is 70.9 Å². The number of hydrogen-bond acceptors (Lipinski definition) is 4. The van der Waals surface area contributed by atoms with Crippen LogP contribution in [-0.4, -0.2) is 18.9 Å². The molecular formula is C24H18Cl2N2O2S. The van der Waals surface area contributed by atoms with Crippen LogP contribution in [0.3, 0.4) is 0 Å². The fourth-order valence-corrected chi connectivity index (χ4v) is 4.55. The highest BCUT2D eigenvalue weighted by atomic mass is 35.5. The van der Waals surface area contributed by atoms with Crippen molar-refractivity contribution in [3.8, 4) is 0 Å². The molecule has 0 saturated heterocycles. The average Bonchev–Trinajstić information content (AvgIpc) is 3.01. The number of likely N-dealkylation sites (N-methyl/N-ethyl adjacent to an activating group) is 1. The number of carbonyl (C=O) groups excluding carboxylic acids is 2. The molecule has 1 aliphatic heterocycles. The van der Waals surface area contributed by atoms with Gasteiger partial charge in [-0.25, -0.2) is 4.90 Å². The molecule has 4 nitrogen and oxygen atoms in total. The highest BCUT2D eigenvalue weighted by Gasteiger charge is 2.42. The number of rotatable bonds is 5. The van der Waals surface area contributed by atoms with Crippen LogP contribution in [-0.2, 0) is 9.59 Å². The first-order chi connectivity index (χ1) is 14.9. The zero-order valence-electron chi connectivity index (χ0n) is 16.8. The van der Waals surface area contributed by atoms with Gasteiger partial charge in [0.05, 0.1) is 15.7 Å². The monoisotopic (exact) mass is 468 g/mol. The van der Waals surface area contributed by atoms with Crippen LogP contribution >= 0.6 is 35.0 Å². The molecule has 31 heavy (non-hydrogen) atoms. The Morgan fingerprint density at radius 2 is 1.52 bits per heavy atom. The van der Waals surface area contributed by atoms with Gasteiger partial charge >= 0.3 is 0 Å². The summed E-state index contributed by atoms with van der Waals surface area (Å²) in [6, 6.07) is 22.0. The molecule has 1 heterocycles.